The second-order valence-electron chi connectivity index (χ2n) is 9.20. The van der Waals surface area contributed by atoms with Crippen LogP contribution in [0.15, 0.2) is 83.5 Å². The fraction of sp³-hybridized carbons (Fsp3) is 0.267. The molecule has 6 nitrogen and oxygen atoms in total. The van der Waals surface area contributed by atoms with Gasteiger partial charge in [-0.2, -0.15) is 13.9 Å². The van der Waals surface area contributed by atoms with Gasteiger partial charge in [0.25, 0.3) is 5.91 Å². The van der Waals surface area contributed by atoms with Crippen molar-refractivity contribution in [2.24, 2.45) is 11.0 Å². The predicted molar refractivity (Wildman–Crippen MR) is 141 cm³/mol. The number of allylic oxidation sites excluding steroid dienone is 1. The van der Waals surface area contributed by atoms with Crippen LogP contribution in [0.1, 0.15) is 46.8 Å². The highest BCUT2D eigenvalue weighted by molar-refractivity contribution is 6.09. The SMILES string of the molecule is COc1ccc(/C=C2/CCC[C@@H]3C2=NN(C(=O)c2cccc(OC(F)F)c2)[C@@H]3c2ccc(OC)cc2)cc1. The fourth-order valence-electron chi connectivity index (χ4n) is 5.14. The Morgan fingerprint density at radius 3 is 2.32 bits per heavy atom. The lowest BCUT2D eigenvalue weighted by Crippen LogP contribution is -2.32. The molecule has 5 rings (SSSR count). The Labute approximate surface area is 220 Å². The van der Waals surface area contributed by atoms with Gasteiger partial charge in [0, 0.05) is 11.5 Å². The van der Waals surface area contributed by atoms with Crippen LogP contribution >= 0.6 is 0 Å². The molecule has 0 aromatic heterocycles. The molecule has 0 radical (unpaired) electrons. The second kappa shape index (κ2) is 11.0. The molecule has 0 spiro atoms. The smallest absolute Gasteiger partial charge is 0.387 e. The molecule has 8 heteroatoms. The summed E-state index contributed by atoms with van der Waals surface area (Å²) in [4.78, 5) is 13.8. The zero-order chi connectivity index (χ0) is 26.6. The van der Waals surface area contributed by atoms with Crippen molar-refractivity contribution in [2.75, 3.05) is 14.2 Å². The average Bonchev–Trinajstić information content (AvgIpc) is 3.33. The van der Waals surface area contributed by atoms with E-state index >= 15 is 0 Å². The van der Waals surface area contributed by atoms with Gasteiger partial charge in [0.1, 0.15) is 17.2 Å². The third kappa shape index (κ3) is 5.25. The number of rotatable bonds is 7. The summed E-state index contributed by atoms with van der Waals surface area (Å²) in [5.41, 5.74) is 4.13. The second-order valence-corrected chi connectivity index (χ2v) is 9.20. The largest absolute Gasteiger partial charge is 0.497 e. The molecule has 1 saturated carbocycles. The molecule has 1 fully saturated rings. The van der Waals surface area contributed by atoms with Crippen LogP contribution < -0.4 is 14.2 Å². The lowest BCUT2D eigenvalue weighted by atomic mass is 9.77. The number of hydrogen-bond donors (Lipinski definition) is 0. The minimum atomic E-state index is -2.98. The number of hydrazone groups is 1. The van der Waals surface area contributed by atoms with Crippen molar-refractivity contribution in [1.29, 1.82) is 0 Å². The number of amides is 1. The predicted octanol–water partition coefficient (Wildman–Crippen LogP) is 6.74. The first-order valence-electron chi connectivity index (χ1n) is 12.4. The standard InChI is InChI=1S/C30H28F2N2O4/c1-36-23-13-9-19(10-14-23)17-21-5-4-8-26-27(21)33-34(28(26)20-11-15-24(37-2)16-12-20)29(35)22-6-3-7-25(18-22)38-30(31)32/h3,6-7,9-18,26,28,30H,4-5,8H2,1-2H3/b21-17-/t26-,28-/m1/s1. The summed E-state index contributed by atoms with van der Waals surface area (Å²) in [7, 11) is 3.24. The topological polar surface area (TPSA) is 60.4 Å². The molecule has 1 aliphatic heterocycles. The molecule has 1 amide bonds. The highest BCUT2D eigenvalue weighted by atomic mass is 19.3. The Morgan fingerprint density at radius 1 is 0.974 bits per heavy atom. The summed E-state index contributed by atoms with van der Waals surface area (Å²) in [6.07, 6.45) is 4.78. The lowest BCUT2D eigenvalue weighted by Gasteiger charge is -2.29. The van der Waals surface area contributed by atoms with E-state index in [9.17, 15) is 13.6 Å². The third-order valence-corrected chi connectivity index (χ3v) is 6.93. The number of ether oxygens (including phenoxy) is 3. The number of benzene rings is 3. The maximum atomic E-state index is 13.8. The van der Waals surface area contributed by atoms with Crippen molar-refractivity contribution in [3.05, 3.63) is 95.1 Å². The monoisotopic (exact) mass is 518 g/mol. The number of hydrogen-bond acceptors (Lipinski definition) is 5. The van der Waals surface area contributed by atoms with Gasteiger partial charge in [-0.15, -0.1) is 0 Å². The number of carbonyl (C=O) groups excluding carboxylic acids is 1. The summed E-state index contributed by atoms with van der Waals surface area (Å²) >= 11 is 0. The normalized spacial score (nSPS) is 19.8. The number of alkyl halides is 2. The van der Waals surface area contributed by atoms with E-state index in [4.69, 9.17) is 14.6 Å². The molecule has 196 valence electrons. The minimum Gasteiger partial charge on any atom is -0.497 e. The number of carbonyl (C=O) groups is 1. The summed E-state index contributed by atoms with van der Waals surface area (Å²) in [5.74, 6) is 1.03. The summed E-state index contributed by atoms with van der Waals surface area (Å²) < 4.78 is 40.7. The Hall–Kier alpha value is -4.20. The molecule has 1 aliphatic carbocycles. The van der Waals surface area contributed by atoms with Crippen LogP contribution in [0.3, 0.4) is 0 Å². The first-order chi connectivity index (χ1) is 18.5. The van der Waals surface area contributed by atoms with Crippen molar-refractivity contribution in [3.8, 4) is 17.2 Å². The molecule has 2 aliphatic rings. The summed E-state index contributed by atoms with van der Waals surface area (Å²) in [6.45, 7) is -2.98. The van der Waals surface area contributed by atoms with Gasteiger partial charge in [-0.1, -0.05) is 30.3 Å². The van der Waals surface area contributed by atoms with Crippen LogP contribution in [0.25, 0.3) is 6.08 Å². The van der Waals surface area contributed by atoms with Crippen LogP contribution in [0.5, 0.6) is 17.2 Å². The van der Waals surface area contributed by atoms with Gasteiger partial charge in [-0.25, -0.2) is 5.01 Å². The van der Waals surface area contributed by atoms with Crippen molar-refractivity contribution in [3.63, 3.8) is 0 Å². The first-order valence-corrected chi connectivity index (χ1v) is 12.4. The molecule has 1 heterocycles. The Bertz CT molecular complexity index is 1350. The van der Waals surface area contributed by atoms with Crippen LogP contribution in [0.4, 0.5) is 8.78 Å². The first kappa shape index (κ1) is 25.4. The molecule has 3 aromatic rings. The Balaban J connectivity index is 1.54. The molecular formula is C30H28F2N2O4. The Morgan fingerprint density at radius 2 is 1.66 bits per heavy atom. The van der Waals surface area contributed by atoms with Crippen LogP contribution in [0.2, 0.25) is 0 Å². The van der Waals surface area contributed by atoms with Crippen molar-refractivity contribution >= 4 is 17.7 Å². The molecule has 2 atom stereocenters. The average molecular weight is 519 g/mol. The van der Waals surface area contributed by atoms with E-state index in [0.717, 1.165) is 47.4 Å². The summed E-state index contributed by atoms with van der Waals surface area (Å²) in [6, 6.07) is 20.9. The maximum absolute atomic E-state index is 13.8. The maximum Gasteiger partial charge on any atom is 0.387 e. The fourth-order valence-corrected chi connectivity index (χ4v) is 5.14. The highest BCUT2D eigenvalue weighted by Crippen LogP contribution is 2.45. The number of fused-ring (bicyclic) bond motifs is 1. The van der Waals surface area contributed by atoms with E-state index in [-0.39, 0.29) is 29.2 Å². The van der Waals surface area contributed by atoms with Gasteiger partial charge in [-0.05, 0) is 84.5 Å². The van der Waals surface area contributed by atoms with Gasteiger partial charge in [0.15, 0.2) is 0 Å². The van der Waals surface area contributed by atoms with Crippen LogP contribution in [-0.4, -0.2) is 37.5 Å². The quantitative estimate of drug-likeness (QED) is 0.348. The molecule has 0 saturated heterocycles. The molecule has 0 unspecified atom stereocenters. The molecule has 0 bridgehead atoms. The molecule has 0 N–H and O–H groups in total. The van der Waals surface area contributed by atoms with Crippen molar-refractivity contribution < 1.29 is 27.8 Å². The number of nitrogens with zero attached hydrogens (tertiary/aromatic N) is 2. The zero-order valence-corrected chi connectivity index (χ0v) is 21.1. The number of halogens is 2. The van der Waals surface area contributed by atoms with Gasteiger partial charge < -0.3 is 14.2 Å². The van der Waals surface area contributed by atoms with Gasteiger partial charge in [0.05, 0.1) is 26.0 Å². The van der Waals surface area contributed by atoms with Crippen molar-refractivity contribution in [1.82, 2.24) is 5.01 Å². The lowest BCUT2D eigenvalue weighted by molar-refractivity contribution is -0.0499. The van der Waals surface area contributed by atoms with E-state index in [0.29, 0.717) is 5.75 Å². The van der Waals surface area contributed by atoms with E-state index in [1.165, 1.54) is 23.2 Å². The molecular weight excluding hydrogens is 490 g/mol. The van der Waals surface area contributed by atoms with Gasteiger partial charge in [0.2, 0.25) is 0 Å². The highest BCUT2D eigenvalue weighted by Gasteiger charge is 2.44. The summed E-state index contributed by atoms with van der Waals surface area (Å²) in [5, 5.41) is 6.37. The van der Waals surface area contributed by atoms with E-state index in [1.807, 2.05) is 48.5 Å². The van der Waals surface area contributed by atoms with Crippen molar-refractivity contribution in [2.45, 2.75) is 31.9 Å². The van der Waals surface area contributed by atoms with Crippen LogP contribution in [0, 0.1) is 5.92 Å². The van der Waals surface area contributed by atoms with E-state index in [1.54, 1.807) is 20.3 Å². The molecule has 3 aromatic carbocycles. The van der Waals surface area contributed by atoms with Crippen LogP contribution in [-0.2, 0) is 0 Å². The van der Waals surface area contributed by atoms with Gasteiger partial charge >= 0.3 is 6.61 Å². The minimum absolute atomic E-state index is 0.00825. The Kier molecular flexibility index (Phi) is 7.40. The third-order valence-electron chi connectivity index (χ3n) is 6.93. The van der Waals surface area contributed by atoms with Gasteiger partial charge in [-0.3, -0.25) is 4.79 Å². The van der Waals surface area contributed by atoms with E-state index < -0.39 is 6.61 Å². The number of methoxy groups -OCH3 is 2. The molecule has 38 heavy (non-hydrogen) atoms. The zero-order valence-electron chi connectivity index (χ0n) is 21.1. The van der Waals surface area contributed by atoms with E-state index in [2.05, 4.69) is 10.8 Å².